The standard InChI is InChI=1S/C16H23N3O2/c1-16-8-9-19(4,5)14(16)18(3)13-7-6-11(10-12(13)16)21-15(20)17-2/h6-7,10,14H,8-9H2,1-5H3/p+1. The van der Waals surface area contributed by atoms with Crippen LogP contribution in [0, 0.1) is 0 Å². The van der Waals surface area contributed by atoms with Gasteiger partial charge in [0.2, 0.25) is 0 Å². The van der Waals surface area contributed by atoms with E-state index in [4.69, 9.17) is 4.74 Å². The van der Waals surface area contributed by atoms with Gasteiger partial charge in [-0.25, -0.2) is 4.79 Å². The molecule has 0 radical (unpaired) electrons. The molecule has 2 atom stereocenters. The third-order valence-electron chi connectivity index (χ3n) is 5.18. The van der Waals surface area contributed by atoms with E-state index >= 15 is 0 Å². The number of nitrogens with zero attached hydrogens (tertiary/aromatic N) is 2. The van der Waals surface area contributed by atoms with Crippen LogP contribution < -0.4 is 15.0 Å². The topological polar surface area (TPSA) is 41.6 Å². The van der Waals surface area contributed by atoms with Gasteiger partial charge in [-0.2, -0.15) is 0 Å². The first-order valence-corrected chi connectivity index (χ1v) is 7.39. The molecule has 1 aromatic rings. The van der Waals surface area contributed by atoms with E-state index in [1.54, 1.807) is 7.05 Å². The summed E-state index contributed by atoms with van der Waals surface area (Å²) in [6.45, 7) is 3.49. The van der Waals surface area contributed by atoms with Gasteiger partial charge in [0.25, 0.3) is 0 Å². The first kappa shape index (κ1) is 14.2. The van der Waals surface area contributed by atoms with E-state index < -0.39 is 6.09 Å². The monoisotopic (exact) mass is 290 g/mol. The fraction of sp³-hybridized carbons (Fsp3) is 0.562. The quantitative estimate of drug-likeness (QED) is 0.804. The van der Waals surface area contributed by atoms with Crippen LogP contribution in [0.25, 0.3) is 0 Å². The minimum absolute atomic E-state index is 0.107. The van der Waals surface area contributed by atoms with E-state index in [0.29, 0.717) is 11.9 Å². The zero-order valence-corrected chi connectivity index (χ0v) is 13.4. The van der Waals surface area contributed by atoms with Crippen molar-refractivity contribution in [2.45, 2.75) is 24.9 Å². The number of likely N-dealkylation sites (N-methyl/N-ethyl adjacent to an activating group) is 2. The predicted octanol–water partition coefficient (Wildman–Crippen LogP) is 1.92. The molecule has 2 unspecified atom stereocenters. The molecule has 21 heavy (non-hydrogen) atoms. The molecular weight excluding hydrogens is 266 g/mol. The van der Waals surface area contributed by atoms with Crippen molar-refractivity contribution in [3.8, 4) is 5.75 Å². The number of hydrogen-bond acceptors (Lipinski definition) is 3. The molecule has 114 valence electrons. The molecule has 3 rings (SSSR count). The van der Waals surface area contributed by atoms with Gasteiger partial charge in [-0.1, -0.05) is 0 Å². The van der Waals surface area contributed by atoms with Gasteiger partial charge >= 0.3 is 6.09 Å². The lowest BCUT2D eigenvalue weighted by atomic mass is 9.81. The largest absolute Gasteiger partial charge is 0.412 e. The molecule has 2 aliphatic rings. The number of amides is 1. The number of carbonyl (C=O) groups is 1. The second-order valence-electron chi connectivity index (χ2n) is 6.97. The van der Waals surface area contributed by atoms with E-state index in [1.807, 2.05) is 12.1 Å². The molecule has 0 saturated carbocycles. The Balaban J connectivity index is 2.03. The SMILES string of the molecule is CNC(=O)Oc1ccc2c(c1)C1(C)CC[N+](C)(C)C1N2C. The number of quaternary nitrogens is 1. The molecule has 0 spiro atoms. The van der Waals surface area contributed by atoms with Crippen molar-refractivity contribution in [1.29, 1.82) is 0 Å². The number of ether oxygens (including phenoxy) is 1. The second kappa shape index (κ2) is 4.37. The lowest BCUT2D eigenvalue weighted by molar-refractivity contribution is -0.903. The van der Waals surface area contributed by atoms with E-state index in [-0.39, 0.29) is 5.41 Å². The van der Waals surface area contributed by atoms with Crippen LogP contribution >= 0.6 is 0 Å². The third kappa shape index (κ3) is 1.91. The van der Waals surface area contributed by atoms with Crippen LogP contribution in [0.4, 0.5) is 10.5 Å². The fourth-order valence-electron chi connectivity index (χ4n) is 4.35. The van der Waals surface area contributed by atoms with Gasteiger partial charge in [0.1, 0.15) is 5.75 Å². The Morgan fingerprint density at radius 1 is 1.48 bits per heavy atom. The number of likely N-dealkylation sites (tertiary alicyclic amines) is 1. The van der Waals surface area contributed by atoms with Gasteiger partial charge in [0.15, 0.2) is 6.17 Å². The molecule has 1 fully saturated rings. The summed E-state index contributed by atoms with van der Waals surface area (Å²) in [6, 6.07) is 5.97. The molecular formula is C16H24N3O2+. The third-order valence-corrected chi connectivity index (χ3v) is 5.18. The minimum Gasteiger partial charge on any atom is -0.410 e. The number of nitrogens with one attached hydrogen (secondary N) is 1. The average Bonchev–Trinajstić information content (AvgIpc) is 2.81. The van der Waals surface area contributed by atoms with Crippen LogP contribution in [0.2, 0.25) is 0 Å². The van der Waals surface area contributed by atoms with Crippen molar-refractivity contribution in [2.75, 3.05) is 39.6 Å². The summed E-state index contributed by atoms with van der Waals surface area (Å²) in [4.78, 5) is 13.8. The Kier molecular flexibility index (Phi) is 2.95. The Bertz CT molecular complexity index is 599. The molecule has 2 aliphatic heterocycles. The van der Waals surface area contributed by atoms with Crippen LogP contribution in [-0.2, 0) is 5.41 Å². The van der Waals surface area contributed by atoms with Crippen molar-refractivity contribution in [2.24, 2.45) is 0 Å². The summed E-state index contributed by atoms with van der Waals surface area (Å²) in [5.41, 5.74) is 2.65. The predicted molar refractivity (Wildman–Crippen MR) is 82.7 cm³/mol. The Morgan fingerprint density at radius 3 is 2.86 bits per heavy atom. The first-order chi connectivity index (χ1) is 9.79. The maximum absolute atomic E-state index is 11.4. The van der Waals surface area contributed by atoms with Gasteiger partial charge in [0.05, 0.1) is 26.1 Å². The zero-order chi connectivity index (χ0) is 15.4. The Morgan fingerprint density at radius 2 is 2.19 bits per heavy atom. The molecule has 1 aromatic carbocycles. The number of benzene rings is 1. The van der Waals surface area contributed by atoms with Crippen LogP contribution in [0.1, 0.15) is 18.9 Å². The summed E-state index contributed by atoms with van der Waals surface area (Å²) >= 11 is 0. The summed E-state index contributed by atoms with van der Waals surface area (Å²) in [5.74, 6) is 0.612. The highest BCUT2D eigenvalue weighted by Crippen LogP contribution is 2.53. The molecule has 2 heterocycles. The van der Waals surface area contributed by atoms with E-state index in [2.05, 4.69) is 44.3 Å². The van der Waals surface area contributed by atoms with E-state index in [0.717, 1.165) is 17.4 Å². The maximum Gasteiger partial charge on any atom is 0.412 e. The lowest BCUT2D eigenvalue weighted by Crippen LogP contribution is -2.55. The number of rotatable bonds is 1. The molecule has 1 amide bonds. The normalized spacial score (nSPS) is 29.0. The minimum atomic E-state index is -0.425. The van der Waals surface area contributed by atoms with Crippen molar-refractivity contribution >= 4 is 11.8 Å². The smallest absolute Gasteiger partial charge is 0.410 e. The lowest BCUT2D eigenvalue weighted by Gasteiger charge is -2.38. The van der Waals surface area contributed by atoms with E-state index in [1.165, 1.54) is 11.3 Å². The van der Waals surface area contributed by atoms with Gasteiger partial charge < -0.3 is 19.4 Å². The van der Waals surface area contributed by atoms with Gasteiger partial charge in [-0.05, 0) is 30.7 Å². The molecule has 5 heteroatoms. The van der Waals surface area contributed by atoms with Crippen molar-refractivity contribution in [3.05, 3.63) is 23.8 Å². The highest BCUT2D eigenvalue weighted by Gasteiger charge is 2.59. The van der Waals surface area contributed by atoms with Crippen molar-refractivity contribution in [1.82, 2.24) is 5.32 Å². The second-order valence-corrected chi connectivity index (χ2v) is 6.97. The number of anilines is 1. The molecule has 1 N–H and O–H groups in total. The zero-order valence-electron chi connectivity index (χ0n) is 13.4. The first-order valence-electron chi connectivity index (χ1n) is 7.39. The molecule has 1 saturated heterocycles. The molecule has 0 aliphatic carbocycles. The van der Waals surface area contributed by atoms with Gasteiger partial charge in [0, 0.05) is 26.2 Å². The number of carbonyl (C=O) groups excluding carboxylic acids is 1. The van der Waals surface area contributed by atoms with Crippen LogP contribution in [0.3, 0.4) is 0 Å². The van der Waals surface area contributed by atoms with Crippen molar-refractivity contribution in [3.63, 3.8) is 0 Å². The van der Waals surface area contributed by atoms with Crippen LogP contribution in [0.15, 0.2) is 18.2 Å². The summed E-state index contributed by atoms with van der Waals surface area (Å²) < 4.78 is 6.29. The number of fused-ring (bicyclic) bond motifs is 3. The summed E-state index contributed by atoms with van der Waals surface area (Å²) in [5, 5.41) is 2.48. The van der Waals surface area contributed by atoms with Gasteiger partial charge in [-0.15, -0.1) is 0 Å². The average molecular weight is 290 g/mol. The molecule has 0 bridgehead atoms. The van der Waals surface area contributed by atoms with Crippen LogP contribution in [0.5, 0.6) is 5.75 Å². The highest BCUT2D eigenvalue weighted by atomic mass is 16.5. The van der Waals surface area contributed by atoms with E-state index in [9.17, 15) is 4.79 Å². The molecule has 0 aromatic heterocycles. The summed E-state index contributed by atoms with van der Waals surface area (Å²) in [6.07, 6.45) is 1.15. The number of hydrogen-bond donors (Lipinski definition) is 1. The Hall–Kier alpha value is -1.75. The Labute approximate surface area is 126 Å². The maximum atomic E-state index is 11.4. The molecule has 5 nitrogen and oxygen atoms in total. The van der Waals surface area contributed by atoms with Crippen molar-refractivity contribution < 1.29 is 14.0 Å². The van der Waals surface area contributed by atoms with Crippen LogP contribution in [-0.4, -0.2) is 51.5 Å². The van der Waals surface area contributed by atoms with Gasteiger partial charge in [-0.3, -0.25) is 0 Å². The highest BCUT2D eigenvalue weighted by molar-refractivity contribution is 5.72. The fourth-order valence-corrected chi connectivity index (χ4v) is 4.35. The summed E-state index contributed by atoms with van der Waals surface area (Å²) in [7, 11) is 8.32.